The Bertz CT molecular complexity index is 1440. The normalized spacial score (nSPS) is 21.4. The highest BCUT2D eigenvalue weighted by molar-refractivity contribution is 7.89. The van der Waals surface area contributed by atoms with E-state index in [-0.39, 0.29) is 23.9 Å². The number of hydrogen-bond donors (Lipinski definition) is 2. The molecule has 3 aliphatic rings. The smallest absolute Gasteiger partial charge is 0.407 e. The molecule has 0 spiro atoms. The molecule has 0 atom stereocenters. The predicted molar refractivity (Wildman–Crippen MR) is 136 cm³/mol. The molecule has 3 aromatic rings. The number of sulfonamides is 1. The van der Waals surface area contributed by atoms with Crippen LogP contribution in [0.15, 0.2) is 59.9 Å². The minimum atomic E-state index is -3.75. The number of nitrogens with zero attached hydrogens (tertiary/aromatic N) is 3. The molecule has 2 aliphatic heterocycles. The van der Waals surface area contributed by atoms with E-state index in [0.29, 0.717) is 18.0 Å². The van der Waals surface area contributed by atoms with Gasteiger partial charge in [-0.2, -0.15) is 4.31 Å². The van der Waals surface area contributed by atoms with Gasteiger partial charge in [-0.25, -0.2) is 18.2 Å². The van der Waals surface area contributed by atoms with Crippen molar-refractivity contribution >= 4 is 27.7 Å². The van der Waals surface area contributed by atoms with Crippen molar-refractivity contribution in [3.8, 4) is 0 Å². The molecule has 2 aromatic heterocycles. The number of hydrogen-bond acceptors (Lipinski definition) is 6. The molecule has 1 aliphatic carbocycles. The summed E-state index contributed by atoms with van der Waals surface area (Å²) in [5.74, 6) is 0.0646. The fourth-order valence-corrected chi connectivity index (χ4v) is 7.02. The molecule has 10 nitrogen and oxygen atoms in total. The second kappa shape index (κ2) is 9.14. The third kappa shape index (κ3) is 5.05. The Kier molecular flexibility index (Phi) is 6.23. The highest BCUT2D eigenvalue weighted by Crippen LogP contribution is 2.52. The van der Waals surface area contributed by atoms with Crippen LogP contribution in [0.2, 0.25) is 0 Å². The third-order valence-electron chi connectivity index (χ3n) is 6.87. The van der Waals surface area contributed by atoms with Crippen LogP contribution in [0.3, 0.4) is 0 Å². The summed E-state index contributed by atoms with van der Waals surface area (Å²) >= 11 is 0. The summed E-state index contributed by atoms with van der Waals surface area (Å²) in [5.41, 5.74) is 0.793. The summed E-state index contributed by atoms with van der Waals surface area (Å²) in [6.45, 7) is 6.27. The number of imidazole rings is 1. The number of pyridine rings is 1. The molecule has 2 saturated heterocycles. The maximum atomic E-state index is 13.5. The van der Waals surface area contributed by atoms with Crippen LogP contribution in [-0.2, 0) is 21.3 Å². The van der Waals surface area contributed by atoms with E-state index < -0.39 is 27.3 Å². The Morgan fingerprint density at radius 3 is 2.54 bits per heavy atom. The van der Waals surface area contributed by atoms with Gasteiger partial charge < -0.3 is 19.8 Å². The number of amides is 2. The number of alkyl carbamates (subject to hydrolysis) is 1. The van der Waals surface area contributed by atoms with Gasteiger partial charge in [0, 0.05) is 38.2 Å². The van der Waals surface area contributed by atoms with Gasteiger partial charge >= 0.3 is 6.09 Å². The lowest BCUT2D eigenvalue weighted by atomic mass is 9.73. The second-order valence-corrected chi connectivity index (χ2v) is 12.7. The monoisotopic (exact) mass is 525 g/mol. The summed E-state index contributed by atoms with van der Waals surface area (Å²) in [4.78, 5) is 29.1. The predicted octanol–water partition coefficient (Wildman–Crippen LogP) is 2.94. The van der Waals surface area contributed by atoms with Crippen molar-refractivity contribution in [3.63, 3.8) is 0 Å². The van der Waals surface area contributed by atoms with Crippen molar-refractivity contribution in [1.29, 1.82) is 0 Å². The molecule has 37 heavy (non-hydrogen) atoms. The molecule has 196 valence electrons. The van der Waals surface area contributed by atoms with Crippen molar-refractivity contribution in [1.82, 2.24) is 24.3 Å². The topological polar surface area (TPSA) is 122 Å². The summed E-state index contributed by atoms with van der Waals surface area (Å²) in [6.07, 6.45) is 6.03. The van der Waals surface area contributed by atoms with Gasteiger partial charge in [0.15, 0.2) is 0 Å². The van der Waals surface area contributed by atoms with Crippen LogP contribution in [-0.4, -0.2) is 58.3 Å². The van der Waals surface area contributed by atoms with Gasteiger partial charge in [0.1, 0.15) is 11.2 Å². The average molecular weight is 526 g/mol. The van der Waals surface area contributed by atoms with Gasteiger partial charge in [-0.3, -0.25) is 4.79 Å². The molecular formula is C26H31N5O5S. The molecule has 2 amide bonds. The number of nitrogens with one attached hydrogen (secondary N) is 2. The zero-order valence-electron chi connectivity index (χ0n) is 21.1. The average Bonchev–Trinajstić information content (AvgIpc) is 3.53. The number of carbonyl (C=O) groups excluding carboxylic acids is 2. The van der Waals surface area contributed by atoms with Gasteiger partial charge in [-0.1, -0.05) is 12.1 Å². The van der Waals surface area contributed by atoms with Crippen LogP contribution in [0.4, 0.5) is 4.79 Å². The van der Waals surface area contributed by atoms with Gasteiger partial charge in [0.25, 0.3) is 5.91 Å². The van der Waals surface area contributed by atoms with Crippen LogP contribution < -0.4 is 10.6 Å². The summed E-state index contributed by atoms with van der Waals surface area (Å²) in [7, 11) is -3.75. The number of rotatable bonds is 7. The minimum Gasteiger partial charge on any atom is -0.444 e. The molecule has 0 unspecified atom stereocenters. The maximum Gasteiger partial charge on any atom is 0.407 e. The van der Waals surface area contributed by atoms with Crippen LogP contribution in [0.25, 0.3) is 5.65 Å². The van der Waals surface area contributed by atoms with Crippen molar-refractivity contribution in [2.45, 2.75) is 56.2 Å². The van der Waals surface area contributed by atoms with E-state index in [0.717, 1.165) is 24.1 Å². The Labute approximate surface area is 216 Å². The summed E-state index contributed by atoms with van der Waals surface area (Å²) in [6, 6.07) is 10.0. The fourth-order valence-electron chi connectivity index (χ4n) is 5.16. The Balaban J connectivity index is 1.22. The van der Waals surface area contributed by atoms with E-state index in [9.17, 15) is 18.0 Å². The van der Waals surface area contributed by atoms with Crippen molar-refractivity contribution in [3.05, 3.63) is 66.1 Å². The SMILES string of the molecule is CC(C)(C)OC(=O)NCC12CC(CN1S(=O)(=O)c1ccc(CNC(=O)c3ccc4nccn4c3)cc1)C2. The van der Waals surface area contributed by atoms with E-state index in [2.05, 4.69) is 15.6 Å². The number of fused-ring (bicyclic) bond motifs is 2. The number of benzene rings is 1. The zero-order chi connectivity index (χ0) is 26.4. The van der Waals surface area contributed by atoms with Gasteiger partial charge in [0.2, 0.25) is 10.0 Å². The van der Waals surface area contributed by atoms with Crippen LogP contribution in [0.5, 0.6) is 0 Å². The molecule has 2 bridgehead atoms. The van der Waals surface area contributed by atoms with E-state index >= 15 is 0 Å². The van der Waals surface area contributed by atoms with Crippen molar-refractivity contribution in [2.24, 2.45) is 5.92 Å². The zero-order valence-corrected chi connectivity index (χ0v) is 21.9. The fraction of sp³-hybridized carbons (Fsp3) is 0.423. The van der Waals surface area contributed by atoms with Crippen molar-refractivity contribution < 1.29 is 22.7 Å². The highest BCUT2D eigenvalue weighted by atomic mass is 32.2. The Morgan fingerprint density at radius 1 is 1.11 bits per heavy atom. The van der Waals surface area contributed by atoms with Gasteiger partial charge in [-0.15, -0.1) is 0 Å². The Morgan fingerprint density at radius 2 is 1.84 bits per heavy atom. The van der Waals surface area contributed by atoms with E-state index in [1.807, 2.05) is 0 Å². The van der Waals surface area contributed by atoms with Gasteiger partial charge in [0.05, 0.1) is 16.0 Å². The molecule has 2 N–H and O–H groups in total. The first-order chi connectivity index (χ1) is 17.5. The number of aromatic nitrogens is 2. The first-order valence-corrected chi connectivity index (χ1v) is 13.7. The van der Waals surface area contributed by atoms with Crippen LogP contribution in [0, 0.1) is 5.92 Å². The third-order valence-corrected chi connectivity index (χ3v) is 8.85. The molecule has 3 fully saturated rings. The first kappa shape index (κ1) is 25.2. The van der Waals surface area contributed by atoms with E-state index in [1.54, 1.807) is 80.2 Å². The molecular weight excluding hydrogens is 494 g/mol. The van der Waals surface area contributed by atoms with E-state index in [1.165, 1.54) is 4.31 Å². The Hall–Kier alpha value is -3.44. The second-order valence-electron chi connectivity index (χ2n) is 10.8. The molecule has 4 heterocycles. The highest BCUT2D eigenvalue weighted by Gasteiger charge is 2.60. The summed E-state index contributed by atoms with van der Waals surface area (Å²) < 4.78 is 35.6. The molecule has 11 heteroatoms. The minimum absolute atomic E-state index is 0.192. The molecule has 1 aromatic carbocycles. The quantitative estimate of drug-likeness (QED) is 0.489. The summed E-state index contributed by atoms with van der Waals surface area (Å²) in [5, 5.41) is 5.62. The van der Waals surface area contributed by atoms with Crippen LogP contribution >= 0.6 is 0 Å². The maximum absolute atomic E-state index is 13.5. The standard InChI is InChI=1S/C26H31N5O5S/c1-25(2,3)36-24(33)29-17-26-12-19(13-26)15-31(26)37(34,35)21-7-4-18(5-8-21)14-28-23(32)20-6-9-22-27-10-11-30(22)16-20/h4-11,16,19H,12-15,17H2,1-3H3,(H,28,32)(H,29,33). The largest absolute Gasteiger partial charge is 0.444 e. The molecule has 1 saturated carbocycles. The lowest BCUT2D eigenvalue weighted by Crippen LogP contribution is -2.56. The lowest BCUT2D eigenvalue weighted by Gasteiger charge is -2.41. The van der Waals surface area contributed by atoms with Gasteiger partial charge in [-0.05, 0) is 69.4 Å². The first-order valence-electron chi connectivity index (χ1n) is 12.2. The molecule has 6 rings (SSSR count). The number of carbonyl (C=O) groups is 2. The lowest BCUT2D eigenvalue weighted by molar-refractivity contribution is 0.0479. The molecule has 0 radical (unpaired) electrons. The van der Waals surface area contributed by atoms with Crippen LogP contribution in [0.1, 0.15) is 49.5 Å². The van der Waals surface area contributed by atoms with Crippen molar-refractivity contribution in [2.75, 3.05) is 13.1 Å². The number of ether oxygens (including phenoxy) is 1. The van der Waals surface area contributed by atoms with E-state index in [4.69, 9.17) is 4.74 Å².